The van der Waals surface area contributed by atoms with Crippen LogP contribution in [0.5, 0.6) is 0 Å². The lowest BCUT2D eigenvalue weighted by atomic mass is 9.82. The van der Waals surface area contributed by atoms with E-state index in [-0.39, 0.29) is 12.1 Å². The number of nitrogens with zero attached hydrogens (tertiary/aromatic N) is 2. The first kappa shape index (κ1) is 46.2. The van der Waals surface area contributed by atoms with Crippen LogP contribution in [0.2, 0.25) is 0 Å². The monoisotopic (exact) mass is 944 g/mol. The molecular formula is C58H64N4O4S2. The lowest BCUT2D eigenvalue weighted by molar-refractivity contribution is 0.0873. The molecule has 2 N–H and O–H groups in total. The van der Waals surface area contributed by atoms with Gasteiger partial charge in [-0.05, 0) is 133 Å². The highest BCUT2D eigenvalue weighted by Crippen LogP contribution is 2.47. The van der Waals surface area contributed by atoms with Crippen molar-refractivity contribution in [3.05, 3.63) is 117 Å². The summed E-state index contributed by atoms with van der Waals surface area (Å²) in [5.41, 5.74) is 8.15. The number of hydrogen-bond donors (Lipinski definition) is 2. The average Bonchev–Trinajstić information content (AvgIpc) is 4.04. The summed E-state index contributed by atoms with van der Waals surface area (Å²) in [6, 6.07) is 23.9. The Balaban J connectivity index is 1.06. The van der Waals surface area contributed by atoms with Crippen molar-refractivity contribution >= 4 is 79.8 Å². The molecule has 6 aromatic rings. The molecule has 2 fully saturated rings. The van der Waals surface area contributed by atoms with E-state index < -0.39 is 23.6 Å². The number of rotatable bonds is 18. The largest absolute Gasteiger partial charge is 0.382 e. The van der Waals surface area contributed by atoms with Crippen molar-refractivity contribution in [1.29, 1.82) is 0 Å². The summed E-state index contributed by atoms with van der Waals surface area (Å²) in [7, 11) is 0. The Morgan fingerprint density at radius 1 is 0.485 bits per heavy atom. The molecular weight excluding hydrogens is 881 g/mol. The van der Waals surface area contributed by atoms with E-state index in [9.17, 15) is 0 Å². The van der Waals surface area contributed by atoms with Gasteiger partial charge in [0.1, 0.15) is 0 Å². The highest BCUT2D eigenvalue weighted by Gasteiger charge is 2.44. The van der Waals surface area contributed by atoms with Crippen LogP contribution in [0.4, 0.5) is 22.7 Å². The molecule has 2 aliphatic carbocycles. The second-order valence-corrected chi connectivity index (χ2v) is 21.4. The molecule has 0 unspecified atom stereocenters. The summed E-state index contributed by atoms with van der Waals surface area (Å²) >= 11 is 3.44. The smallest absolute Gasteiger partial charge is 0.268 e. The summed E-state index contributed by atoms with van der Waals surface area (Å²) in [4.78, 5) is 66.1. The van der Waals surface area contributed by atoms with Gasteiger partial charge in [0.25, 0.3) is 23.6 Å². The van der Waals surface area contributed by atoms with E-state index in [1.807, 2.05) is 60.7 Å². The fourth-order valence-corrected chi connectivity index (χ4v) is 13.2. The first-order valence-electron chi connectivity index (χ1n) is 25.7. The SMILES string of the molecule is CCCCCCc1ccsc1-c1ccc(N2C(=O)c3cc(NC4CCCCC4)c4c5c(cc(NC6CCCCC6)c(c35)C2=O)C(=O)N(c2ccc(-c3sccc3CCCCCC)cc2)C4=O)cc1. The molecule has 68 heavy (non-hydrogen) atoms. The van der Waals surface area contributed by atoms with Gasteiger partial charge in [-0.25, -0.2) is 9.80 Å². The van der Waals surface area contributed by atoms with Gasteiger partial charge in [0.05, 0.1) is 33.6 Å². The maximum Gasteiger partial charge on any atom is 0.268 e. The third-order valence-electron chi connectivity index (χ3n) is 14.9. The summed E-state index contributed by atoms with van der Waals surface area (Å²) in [5.74, 6) is -1.83. The molecule has 8 nitrogen and oxygen atoms in total. The predicted molar refractivity (Wildman–Crippen MR) is 282 cm³/mol. The number of nitrogens with one attached hydrogen (secondary N) is 2. The molecule has 4 amide bonds. The molecule has 2 saturated carbocycles. The molecule has 2 aliphatic heterocycles. The molecule has 0 spiro atoms. The highest BCUT2D eigenvalue weighted by molar-refractivity contribution is 7.14. The predicted octanol–water partition coefficient (Wildman–Crippen LogP) is 15.6. The van der Waals surface area contributed by atoms with Crippen LogP contribution in [-0.2, 0) is 12.8 Å². The first-order chi connectivity index (χ1) is 33.3. The van der Waals surface area contributed by atoms with Crippen LogP contribution in [0.3, 0.4) is 0 Å². The van der Waals surface area contributed by atoms with Crippen molar-refractivity contribution in [2.45, 2.75) is 154 Å². The number of anilines is 4. The molecule has 0 atom stereocenters. The third kappa shape index (κ3) is 8.95. The van der Waals surface area contributed by atoms with Crippen molar-refractivity contribution < 1.29 is 19.2 Å². The maximum absolute atomic E-state index is 15.3. The fourth-order valence-electron chi connectivity index (χ4n) is 11.3. The Hall–Kier alpha value is -5.58. The van der Waals surface area contributed by atoms with Crippen LogP contribution in [0.1, 0.15) is 182 Å². The van der Waals surface area contributed by atoms with E-state index in [4.69, 9.17) is 0 Å². The number of imide groups is 2. The van der Waals surface area contributed by atoms with Gasteiger partial charge < -0.3 is 10.6 Å². The Labute approximate surface area is 409 Å². The van der Waals surface area contributed by atoms with Gasteiger partial charge in [0.15, 0.2) is 0 Å². The van der Waals surface area contributed by atoms with Gasteiger partial charge in [0, 0.05) is 44.0 Å². The van der Waals surface area contributed by atoms with E-state index in [0.29, 0.717) is 55.8 Å². The summed E-state index contributed by atoms with van der Waals surface area (Å²) < 4.78 is 0. The van der Waals surface area contributed by atoms with E-state index in [0.717, 1.165) is 101 Å². The summed E-state index contributed by atoms with van der Waals surface area (Å²) in [6.45, 7) is 4.46. The molecule has 352 valence electrons. The van der Waals surface area contributed by atoms with E-state index in [2.05, 4.69) is 47.4 Å². The second kappa shape index (κ2) is 20.6. The second-order valence-electron chi connectivity index (χ2n) is 19.6. The number of benzene rings is 4. The van der Waals surface area contributed by atoms with Crippen LogP contribution < -0.4 is 20.4 Å². The quantitative estimate of drug-likeness (QED) is 0.0658. The van der Waals surface area contributed by atoms with Crippen LogP contribution in [-0.4, -0.2) is 35.7 Å². The normalized spacial score (nSPS) is 16.6. The van der Waals surface area contributed by atoms with Gasteiger partial charge in [-0.3, -0.25) is 19.2 Å². The number of hydrogen-bond acceptors (Lipinski definition) is 8. The van der Waals surface area contributed by atoms with Crippen LogP contribution in [0, 0.1) is 0 Å². The molecule has 0 bridgehead atoms. The van der Waals surface area contributed by atoms with Crippen molar-refractivity contribution in [2.75, 3.05) is 20.4 Å². The van der Waals surface area contributed by atoms with Crippen molar-refractivity contribution in [1.82, 2.24) is 0 Å². The summed E-state index contributed by atoms with van der Waals surface area (Å²) in [5, 5.41) is 12.5. The number of amides is 4. The van der Waals surface area contributed by atoms with Crippen molar-refractivity contribution in [3.8, 4) is 20.9 Å². The van der Waals surface area contributed by atoms with E-state index >= 15 is 19.2 Å². The number of thiophene rings is 2. The van der Waals surface area contributed by atoms with Crippen LogP contribution in [0.15, 0.2) is 83.6 Å². The Kier molecular flexibility index (Phi) is 14.0. The maximum atomic E-state index is 15.3. The zero-order valence-electron chi connectivity index (χ0n) is 39.7. The molecule has 4 heterocycles. The van der Waals surface area contributed by atoms with Crippen LogP contribution in [0.25, 0.3) is 31.7 Å². The Morgan fingerprint density at radius 3 is 1.26 bits per heavy atom. The lowest BCUT2D eigenvalue weighted by Crippen LogP contribution is -2.44. The van der Waals surface area contributed by atoms with Gasteiger partial charge in [-0.1, -0.05) is 115 Å². The number of unbranched alkanes of at least 4 members (excludes halogenated alkanes) is 6. The average molecular weight is 945 g/mol. The molecule has 4 aliphatic rings. The summed E-state index contributed by atoms with van der Waals surface area (Å²) in [6.07, 6.45) is 21.9. The third-order valence-corrected chi connectivity index (χ3v) is 16.9. The lowest BCUT2D eigenvalue weighted by Gasteiger charge is -2.36. The minimum Gasteiger partial charge on any atom is -0.382 e. The van der Waals surface area contributed by atoms with Gasteiger partial charge in [-0.15, -0.1) is 22.7 Å². The zero-order chi connectivity index (χ0) is 46.7. The zero-order valence-corrected chi connectivity index (χ0v) is 41.4. The molecule has 4 aromatic carbocycles. The Bertz CT molecular complexity index is 2640. The van der Waals surface area contributed by atoms with Gasteiger partial charge in [-0.2, -0.15) is 0 Å². The number of carbonyl (C=O) groups excluding carboxylic acids is 4. The minimum atomic E-state index is -0.460. The van der Waals surface area contributed by atoms with Gasteiger partial charge in [0.2, 0.25) is 0 Å². The fraction of sp³-hybridized carbons (Fsp3) is 0.414. The number of carbonyl (C=O) groups is 4. The van der Waals surface area contributed by atoms with E-state index in [1.165, 1.54) is 69.2 Å². The highest BCUT2D eigenvalue weighted by atomic mass is 32.1. The van der Waals surface area contributed by atoms with E-state index in [1.54, 1.807) is 22.7 Å². The first-order valence-corrected chi connectivity index (χ1v) is 27.4. The molecule has 0 saturated heterocycles. The minimum absolute atomic E-state index is 0.0951. The molecule has 2 aromatic heterocycles. The van der Waals surface area contributed by atoms with Crippen molar-refractivity contribution in [2.24, 2.45) is 0 Å². The molecule has 10 rings (SSSR count). The molecule has 0 radical (unpaired) electrons. The van der Waals surface area contributed by atoms with Gasteiger partial charge >= 0.3 is 0 Å². The topological polar surface area (TPSA) is 98.8 Å². The molecule has 10 heteroatoms. The van der Waals surface area contributed by atoms with Crippen molar-refractivity contribution in [3.63, 3.8) is 0 Å². The number of aryl methyl sites for hydroxylation is 2. The standard InChI is InChI=1S/C58H64N4O4S2/c1-3-5-7-11-17-37-31-33-67-53(37)39-23-27-43(28-24-39)61-55(63)45-35-48(60-42-21-15-10-16-22-42)52-50-46(36-47(51(49(45)50)57(61)65)59-41-19-13-9-14-20-41)56(64)62(58(52)66)44-29-25-40(26-30-44)54-38(32-34-68-54)18-12-8-6-4-2/h23-36,41-42,59-60H,3-22H2,1-2H3. The Morgan fingerprint density at radius 2 is 0.882 bits per heavy atom. The van der Waals surface area contributed by atoms with Crippen LogP contribution >= 0.6 is 22.7 Å².